The van der Waals surface area contributed by atoms with Crippen LogP contribution in [-0.2, 0) is 0 Å². The van der Waals surface area contributed by atoms with Crippen LogP contribution in [0.2, 0.25) is 0 Å². The Hall–Kier alpha value is -1.29. The molecule has 9 heavy (non-hydrogen) atoms. The molecule has 0 radical (unpaired) electrons. The summed E-state index contributed by atoms with van der Waals surface area (Å²) >= 11 is 0. The second-order valence-corrected chi connectivity index (χ2v) is 0.978. The summed E-state index contributed by atoms with van der Waals surface area (Å²) in [5.74, 6) is 2.27. The van der Waals surface area contributed by atoms with Crippen LogP contribution in [0.5, 0.6) is 0 Å². The fourth-order valence-corrected chi connectivity index (χ4v) is 0.193. The van der Waals surface area contributed by atoms with Crippen molar-refractivity contribution >= 4 is 6.21 Å². The van der Waals surface area contributed by atoms with E-state index in [1.165, 1.54) is 0 Å². The lowest BCUT2D eigenvalue weighted by Gasteiger charge is -1.76. The van der Waals surface area contributed by atoms with Gasteiger partial charge in [0.15, 0.2) is 0 Å². The van der Waals surface area contributed by atoms with Crippen molar-refractivity contribution in [3.63, 3.8) is 0 Å². The lowest BCUT2D eigenvalue weighted by molar-refractivity contribution is 1.49. The van der Waals surface area contributed by atoms with Gasteiger partial charge >= 0.3 is 0 Å². The Balaban J connectivity index is 0. The highest BCUT2D eigenvalue weighted by atomic mass is 14.7. The summed E-state index contributed by atoms with van der Waals surface area (Å²) in [6.45, 7) is 11.2. The lowest BCUT2D eigenvalue weighted by Crippen LogP contribution is -1.64. The topological polar surface area (TPSA) is 12.4 Å². The molecule has 0 unspecified atom stereocenters. The second-order valence-electron chi connectivity index (χ2n) is 0.978. The highest BCUT2D eigenvalue weighted by Gasteiger charge is 1.70. The number of nitrogens with zero attached hydrogens (tertiary/aromatic N) is 1. The predicted octanol–water partition coefficient (Wildman–Crippen LogP) is 2.03. The maximum atomic E-state index is 4.89. The van der Waals surface area contributed by atoms with Crippen molar-refractivity contribution in [3.8, 4) is 12.3 Å². The van der Waals surface area contributed by atoms with Crippen molar-refractivity contribution in [2.24, 2.45) is 4.99 Å². The second kappa shape index (κ2) is 9.86. The van der Waals surface area contributed by atoms with Crippen LogP contribution in [0.1, 0.15) is 6.92 Å². The molecule has 0 spiro atoms. The van der Waals surface area contributed by atoms with Gasteiger partial charge in [0.2, 0.25) is 0 Å². The molecule has 0 fully saturated rings. The SMILES string of the molecule is C#CC(=C)N=CC.C=C. The summed E-state index contributed by atoms with van der Waals surface area (Å²) in [4.78, 5) is 3.69. The maximum absolute atomic E-state index is 4.89. The molecule has 0 saturated heterocycles. The molecule has 0 saturated carbocycles. The molecule has 0 aliphatic rings. The minimum atomic E-state index is 0.475. The molecule has 0 aromatic heterocycles. The van der Waals surface area contributed by atoms with E-state index < -0.39 is 0 Å². The van der Waals surface area contributed by atoms with Gasteiger partial charge in [-0.2, -0.15) is 0 Å². The third kappa shape index (κ3) is 10.8. The van der Waals surface area contributed by atoms with E-state index in [1.54, 1.807) is 13.1 Å². The highest BCUT2D eigenvalue weighted by Crippen LogP contribution is 1.83. The van der Waals surface area contributed by atoms with E-state index in [9.17, 15) is 0 Å². The number of allylic oxidation sites excluding steroid dienone is 1. The first-order valence-electron chi connectivity index (χ1n) is 2.45. The normalized spacial score (nSPS) is 7.11. The highest BCUT2D eigenvalue weighted by molar-refractivity contribution is 5.56. The number of aliphatic imine (C=N–C) groups is 1. The molecule has 1 nitrogen and oxygen atoms in total. The molecule has 0 amide bonds. The summed E-state index contributed by atoms with van der Waals surface area (Å²) in [7, 11) is 0. The summed E-state index contributed by atoms with van der Waals surface area (Å²) in [6.07, 6.45) is 6.51. The smallest absolute Gasteiger partial charge is 0.105 e. The zero-order valence-corrected chi connectivity index (χ0v) is 5.72. The maximum Gasteiger partial charge on any atom is 0.105 e. The van der Waals surface area contributed by atoms with Gasteiger partial charge in [-0.15, -0.1) is 19.6 Å². The van der Waals surface area contributed by atoms with Gasteiger partial charge in [0.1, 0.15) is 5.70 Å². The Bertz CT molecular complexity index is 137. The first kappa shape index (κ1) is 10.6. The lowest BCUT2D eigenvalue weighted by atomic mass is 10.5. The molecule has 48 valence electrons. The summed E-state index contributed by atoms with van der Waals surface area (Å²) in [5.41, 5.74) is 0.475. The molecule has 0 aromatic carbocycles. The van der Waals surface area contributed by atoms with E-state index >= 15 is 0 Å². The molecule has 0 aromatic rings. The van der Waals surface area contributed by atoms with Crippen molar-refractivity contribution in [3.05, 3.63) is 25.4 Å². The fraction of sp³-hybridized carbons (Fsp3) is 0.125. The zero-order valence-electron chi connectivity index (χ0n) is 5.72. The van der Waals surface area contributed by atoms with Crippen LogP contribution in [0.4, 0.5) is 0 Å². The number of rotatable bonds is 1. The summed E-state index contributed by atoms with van der Waals surface area (Å²) in [6, 6.07) is 0. The summed E-state index contributed by atoms with van der Waals surface area (Å²) < 4.78 is 0. The van der Waals surface area contributed by atoms with Gasteiger partial charge in [0.25, 0.3) is 0 Å². The van der Waals surface area contributed by atoms with Gasteiger partial charge in [-0.25, -0.2) is 0 Å². The van der Waals surface area contributed by atoms with Gasteiger partial charge in [-0.05, 0) is 6.92 Å². The first-order valence-corrected chi connectivity index (χ1v) is 2.45. The monoisotopic (exact) mass is 121 g/mol. The minimum absolute atomic E-state index is 0.475. The van der Waals surface area contributed by atoms with Crippen molar-refractivity contribution in [2.75, 3.05) is 0 Å². The summed E-state index contributed by atoms with van der Waals surface area (Å²) in [5, 5.41) is 0. The predicted molar refractivity (Wildman–Crippen MR) is 43.4 cm³/mol. The third-order valence-corrected chi connectivity index (χ3v) is 0.452. The zero-order chi connectivity index (χ0) is 7.70. The van der Waals surface area contributed by atoms with Crippen LogP contribution >= 0.6 is 0 Å². The van der Waals surface area contributed by atoms with Crippen LogP contribution in [0.25, 0.3) is 0 Å². The van der Waals surface area contributed by atoms with E-state index in [-0.39, 0.29) is 0 Å². The Morgan fingerprint density at radius 1 is 1.67 bits per heavy atom. The third-order valence-electron chi connectivity index (χ3n) is 0.452. The van der Waals surface area contributed by atoms with E-state index in [2.05, 4.69) is 30.6 Å². The van der Waals surface area contributed by atoms with Gasteiger partial charge in [-0.3, -0.25) is 4.99 Å². The van der Waals surface area contributed by atoms with Crippen LogP contribution in [0, 0.1) is 12.3 Å². The van der Waals surface area contributed by atoms with E-state index in [4.69, 9.17) is 6.42 Å². The number of hydrogen-bond acceptors (Lipinski definition) is 1. The Kier molecular flexibility index (Phi) is 11.7. The number of terminal acetylenes is 1. The van der Waals surface area contributed by atoms with E-state index in [0.29, 0.717) is 5.70 Å². The van der Waals surface area contributed by atoms with Crippen LogP contribution in [-0.4, -0.2) is 6.21 Å². The molecule has 0 atom stereocenters. The molecule has 0 rings (SSSR count). The molecule has 0 N–H and O–H groups in total. The minimum Gasteiger partial charge on any atom is -0.253 e. The van der Waals surface area contributed by atoms with Crippen molar-refractivity contribution in [2.45, 2.75) is 6.92 Å². The van der Waals surface area contributed by atoms with Gasteiger partial charge in [0.05, 0.1) is 0 Å². The molecule has 0 heterocycles. The van der Waals surface area contributed by atoms with Gasteiger partial charge in [0, 0.05) is 6.21 Å². The van der Waals surface area contributed by atoms with Crippen molar-refractivity contribution < 1.29 is 0 Å². The molecular formula is C8H11N. The Morgan fingerprint density at radius 3 is 2.22 bits per heavy atom. The van der Waals surface area contributed by atoms with Crippen molar-refractivity contribution in [1.29, 1.82) is 0 Å². The van der Waals surface area contributed by atoms with Gasteiger partial charge in [-0.1, -0.05) is 12.5 Å². The van der Waals surface area contributed by atoms with Crippen LogP contribution in [0.3, 0.4) is 0 Å². The van der Waals surface area contributed by atoms with Gasteiger partial charge < -0.3 is 0 Å². The fourth-order valence-electron chi connectivity index (χ4n) is 0.193. The van der Waals surface area contributed by atoms with Crippen LogP contribution in [0.15, 0.2) is 30.4 Å². The molecule has 0 aliphatic heterocycles. The van der Waals surface area contributed by atoms with Crippen molar-refractivity contribution in [1.82, 2.24) is 0 Å². The molecule has 0 bridgehead atoms. The standard InChI is InChI=1S/C6H7N.C2H4/c1-4-6(3)7-5-2;1-2/h1,5H,3H2,2H3;1-2H2. The molecule has 0 aliphatic carbocycles. The van der Waals surface area contributed by atoms with Crippen LogP contribution < -0.4 is 0 Å². The quantitative estimate of drug-likeness (QED) is 0.286. The molecule has 1 heteroatoms. The number of hydrogen-bond donors (Lipinski definition) is 0. The average Bonchev–Trinajstić information content (AvgIpc) is 1.93. The first-order chi connectivity index (χ1) is 4.31. The Labute approximate surface area is 56.8 Å². The van der Waals surface area contributed by atoms with E-state index in [1.807, 2.05) is 0 Å². The Morgan fingerprint density at radius 2 is 2.11 bits per heavy atom. The van der Waals surface area contributed by atoms with E-state index in [0.717, 1.165) is 0 Å². The largest absolute Gasteiger partial charge is 0.253 e. The average molecular weight is 121 g/mol. The molecular weight excluding hydrogens is 110 g/mol.